The lowest BCUT2D eigenvalue weighted by atomic mass is 10.0. The molecule has 1 amide bonds. The maximum absolute atomic E-state index is 11.8. The van der Waals surface area contributed by atoms with E-state index in [1.165, 1.54) is 5.56 Å². The second kappa shape index (κ2) is 5.23. The van der Waals surface area contributed by atoms with Gasteiger partial charge in [-0.1, -0.05) is 6.07 Å². The molecular weight excluding hydrogens is 256 g/mol. The number of likely N-dealkylation sites (tertiary alicyclic amines) is 1. The lowest BCUT2D eigenvalue weighted by Gasteiger charge is -2.26. The molecule has 3 rings (SSSR count). The first-order valence-electron chi connectivity index (χ1n) is 7.21. The van der Waals surface area contributed by atoms with E-state index in [-0.39, 0.29) is 16.5 Å². The highest BCUT2D eigenvalue weighted by atomic mass is 16.6. The average molecular weight is 274 g/mol. The highest BCUT2D eigenvalue weighted by Gasteiger charge is 2.29. The summed E-state index contributed by atoms with van der Waals surface area (Å²) >= 11 is 0. The fourth-order valence-electron chi connectivity index (χ4n) is 3.36. The van der Waals surface area contributed by atoms with Gasteiger partial charge in [-0.05, 0) is 43.2 Å². The Morgan fingerprint density at radius 2 is 1.90 bits per heavy atom. The third-order valence-electron chi connectivity index (χ3n) is 4.45. The molecule has 5 nitrogen and oxygen atoms in total. The van der Waals surface area contributed by atoms with Crippen LogP contribution in [-0.2, 0) is 17.6 Å². The number of carbonyl (C=O) groups is 1. The van der Waals surface area contributed by atoms with Crippen LogP contribution in [0.1, 0.15) is 36.8 Å². The molecule has 1 aliphatic heterocycles. The van der Waals surface area contributed by atoms with E-state index in [2.05, 4.69) is 0 Å². The van der Waals surface area contributed by atoms with Crippen molar-refractivity contribution in [2.45, 2.75) is 44.6 Å². The summed E-state index contributed by atoms with van der Waals surface area (Å²) in [6.07, 6.45) is 5.26. The summed E-state index contributed by atoms with van der Waals surface area (Å²) in [5.74, 6) is 0.270. The number of nitro benzene ring substituents is 1. The topological polar surface area (TPSA) is 63.5 Å². The first-order chi connectivity index (χ1) is 9.65. The molecule has 2 aliphatic rings. The minimum atomic E-state index is -0.341. The number of amides is 1. The number of benzene rings is 1. The van der Waals surface area contributed by atoms with E-state index in [1.807, 2.05) is 11.0 Å². The molecule has 106 valence electrons. The van der Waals surface area contributed by atoms with Crippen LogP contribution in [0.4, 0.5) is 5.69 Å². The lowest BCUT2D eigenvalue weighted by molar-refractivity contribution is -0.384. The molecule has 1 saturated heterocycles. The molecular formula is C15H18N2O3. The third-order valence-corrected chi connectivity index (χ3v) is 4.45. The Balaban J connectivity index is 1.77. The molecule has 0 saturated carbocycles. The largest absolute Gasteiger partial charge is 0.340 e. The van der Waals surface area contributed by atoms with Crippen molar-refractivity contribution in [3.8, 4) is 0 Å². The standard InChI is InChI=1S/C15H18N2O3/c18-15-2-1-9-16(15)13-6-3-11-4-8-14(17(19)20)10-12(11)5-7-13/h4,8,10,13H,1-3,5-7,9H2. The summed E-state index contributed by atoms with van der Waals surface area (Å²) in [5, 5.41) is 10.8. The number of nitro groups is 1. The van der Waals surface area contributed by atoms with Gasteiger partial charge in [0.2, 0.25) is 5.91 Å². The van der Waals surface area contributed by atoms with Crippen LogP contribution >= 0.6 is 0 Å². The van der Waals surface area contributed by atoms with E-state index in [1.54, 1.807) is 12.1 Å². The Labute approximate surface area is 117 Å². The number of rotatable bonds is 2. The van der Waals surface area contributed by atoms with Gasteiger partial charge in [0.1, 0.15) is 0 Å². The monoisotopic (exact) mass is 274 g/mol. The summed E-state index contributed by atoms with van der Waals surface area (Å²) in [6, 6.07) is 5.46. The number of non-ortho nitro benzene ring substituents is 1. The van der Waals surface area contributed by atoms with E-state index in [9.17, 15) is 14.9 Å². The molecule has 1 aromatic carbocycles. The molecule has 0 spiro atoms. The van der Waals surface area contributed by atoms with Gasteiger partial charge >= 0.3 is 0 Å². The smallest absolute Gasteiger partial charge is 0.269 e. The van der Waals surface area contributed by atoms with Gasteiger partial charge in [-0.15, -0.1) is 0 Å². The second-order valence-electron chi connectivity index (χ2n) is 5.63. The van der Waals surface area contributed by atoms with E-state index < -0.39 is 0 Å². The molecule has 0 radical (unpaired) electrons. The zero-order valence-corrected chi connectivity index (χ0v) is 11.4. The Morgan fingerprint density at radius 1 is 1.15 bits per heavy atom. The Bertz CT molecular complexity index is 556. The highest BCUT2D eigenvalue weighted by Crippen LogP contribution is 2.28. The number of hydrogen-bond acceptors (Lipinski definition) is 3. The van der Waals surface area contributed by atoms with Crippen LogP contribution in [0.5, 0.6) is 0 Å². The van der Waals surface area contributed by atoms with Crippen LogP contribution < -0.4 is 0 Å². The predicted octanol–water partition coefficient (Wildman–Crippen LogP) is 2.46. The fourth-order valence-corrected chi connectivity index (χ4v) is 3.36. The first-order valence-corrected chi connectivity index (χ1v) is 7.21. The number of nitrogens with zero attached hydrogens (tertiary/aromatic N) is 2. The van der Waals surface area contributed by atoms with Crippen molar-refractivity contribution in [2.75, 3.05) is 6.54 Å². The van der Waals surface area contributed by atoms with Crippen molar-refractivity contribution >= 4 is 11.6 Å². The van der Waals surface area contributed by atoms with Gasteiger partial charge in [-0.25, -0.2) is 0 Å². The minimum Gasteiger partial charge on any atom is -0.340 e. The third kappa shape index (κ3) is 2.40. The second-order valence-corrected chi connectivity index (χ2v) is 5.63. The maximum Gasteiger partial charge on any atom is 0.269 e. The summed E-state index contributed by atoms with van der Waals surface area (Å²) in [7, 11) is 0. The molecule has 0 aromatic heterocycles. The van der Waals surface area contributed by atoms with Crippen molar-refractivity contribution in [3.05, 3.63) is 39.4 Å². The van der Waals surface area contributed by atoms with Crippen LogP contribution in [-0.4, -0.2) is 28.3 Å². The first kappa shape index (κ1) is 13.1. The number of fused-ring (bicyclic) bond motifs is 1. The fraction of sp³-hybridized carbons (Fsp3) is 0.533. The molecule has 1 aromatic rings. The van der Waals surface area contributed by atoms with Gasteiger partial charge in [0.15, 0.2) is 0 Å². The molecule has 1 heterocycles. The normalized spacial score (nSPS) is 22.5. The molecule has 1 unspecified atom stereocenters. The summed E-state index contributed by atoms with van der Waals surface area (Å²) in [5.41, 5.74) is 2.44. The molecule has 1 fully saturated rings. The van der Waals surface area contributed by atoms with Gasteiger partial charge < -0.3 is 4.90 Å². The van der Waals surface area contributed by atoms with Gasteiger partial charge in [0, 0.05) is 31.1 Å². The Kier molecular flexibility index (Phi) is 3.42. The zero-order valence-electron chi connectivity index (χ0n) is 11.4. The molecule has 1 aliphatic carbocycles. The van der Waals surface area contributed by atoms with Gasteiger partial charge in [-0.2, -0.15) is 0 Å². The molecule has 0 N–H and O–H groups in total. The Morgan fingerprint density at radius 3 is 2.55 bits per heavy atom. The van der Waals surface area contributed by atoms with Gasteiger partial charge in [0.25, 0.3) is 5.69 Å². The number of hydrogen-bond donors (Lipinski definition) is 0. The zero-order chi connectivity index (χ0) is 14.1. The van der Waals surface area contributed by atoms with Crippen molar-refractivity contribution in [3.63, 3.8) is 0 Å². The van der Waals surface area contributed by atoms with Crippen molar-refractivity contribution in [2.24, 2.45) is 0 Å². The number of aryl methyl sites for hydroxylation is 2. The van der Waals surface area contributed by atoms with Crippen LogP contribution in [0.15, 0.2) is 18.2 Å². The predicted molar refractivity (Wildman–Crippen MR) is 74.5 cm³/mol. The van der Waals surface area contributed by atoms with E-state index in [4.69, 9.17) is 0 Å². The minimum absolute atomic E-state index is 0.166. The Hall–Kier alpha value is -1.91. The summed E-state index contributed by atoms with van der Waals surface area (Å²) < 4.78 is 0. The SMILES string of the molecule is O=C1CCCN1C1CCc2ccc([N+](=O)[O-])cc2CC1. The average Bonchev–Trinajstić information content (AvgIpc) is 2.74. The van der Waals surface area contributed by atoms with Crippen molar-refractivity contribution < 1.29 is 9.72 Å². The molecule has 1 atom stereocenters. The van der Waals surface area contributed by atoms with E-state index in [0.717, 1.165) is 44.2 Å². The van der Waals surface area contributed by atoms with Gasteiger partial charge in [-0.3, -0.25) is 14.9 Å². The van der Waals surface area contributed by atoms with Crippen molar-refractivity contribution in [1.82, 2.24) is 4.90 Å². The summed E-state index contributed by atoms with van der Waals surface area (Å²) in [4.78, 5) is 24.4. The maximum atomic E-state index is 11.8. The number of carbonyl (C=O) groups excluding carboxylic acids is 1. The van der Waals surface area contributed by atoms with Crippen LogP contribution in [0.2, 0.25) is 0 Å². The van der Waals surface area contributed by atoms with Crippen LogP contribution in [0, 0.1) is 10.1 Å². The van der Waals surface area contributed by atoms with E-state index >= 15 is 0 Å². The van der Waals surface area contributed by atoms with Crippen LogP contribution in [0.25, 0.3) is 0 Å². The van der Waals surface area contributed by atoms with Crippen LogP contribution in [0.3, 0.4) is 0 Å². The molecule has 20 heavy (non-hydrogen) atoms. The lowest BCUT2D eigenvalue weighted by Crippen LogP contribution is -2.36. The summed E-state index contributed by atoms with van der Waals surface area (Å²) in [6.45, 7) is 0.875. The molecule has 0 bridgehead atoms. The highest BCUT2D eigenvalue weighted by molar-refractivity contribution is 5.78. The molecule has 5 heteroatoms. The van der Waals surface area contributed by atoms with Crippen molar-refractivity contribution in [1.29, 1.82) is 0 Å². The van der Waals surface area contributed by atoms with E-state index in [0.29, 0.717) is 12.5 Å². The quantitative estimate of drug-likeness (QED) is 0.473. The van der Waals surface area contributed by atoms with Gasteiger partial charge in [0.05, 0.1) is 4.92 Å².